The van der Waals surface area contributed by atoms with E-state index in [4.69, 9.17) is 0 Å². The minimum atomic E-state index is -0.0909. The zero-order valence-electron chi connectivity index (χ0n) is 16.0. The monoisotopic (exact) mass is 353 g/mol. The van der Waals surface area contributed by atoms with Gasteiger partial charge < -0.3 is 15.1 Å². The number of carbonyl (C=O) groups is 1. The summed E-state index contributed by atoms with van der Waals surface area (Å²) in [6, 6.07) is 8.48. The van der Waals surface area contributed by atoms with Gasteiger partial charge in [-0.1, -0.05) is 12.1 Å². The molecule has 0 spiro atoms. The number of rotatable bonds is 3. The van der Waals surface area contributed by atoms with Crippen molar-refractivity contribution in [3.05, 3.63) is 47.9 Å². The van der Waals surface area contributed by atoms with Gasteiger partial charge in [0.25, 0.3) is 5.91 Å². The minimum Gasteiger partial charge on any atom is -0.368 e. The second-order valence-corrected chi connectivity index (χ2v) is 7.78. The molecule has 1 saturated heterocycles. The number of anilines is 2. The highest BCUT2D eigenvalue weighted by molar-refractivity contribution is 5.92. The smallest absolute Gasteiger partial charge is 0.274 e. The van der Waals surface area contributed by atoms with Gasteiger partial charge in [-0.05, 0) is 45.4 Å². The molecule has 138 valence electrons. The summed E-state index contributed by atoms with van der Waals surface area (Å²) in [4.78, 5) is 25.5. The molecule has 3 rings (SSSR count). The van der Waals surface area contributed by atoms with Crippen LogP contribution in [0.4, 0.5) is 11.5 Å². The first-order valence-electron chi connectivity index (χ1n) is 9.03. The summed E-state index contributed by atoms with van der Waals surface area (Å²) in [7, 11) is 0. The predicted molar refractivity (Wildman–Crippen MR) is 105 cm³/mol. The number of nitrogens with one attached hydrogen (secondary N) is 1. The average Bonchev–Trinajstić information content (AvgIpc) is 2.61. The van der Waals surface area contributed by atoms with Crippen molar-refractivity contribution in [2.75, 3.05) is 36.4 Å². The molecule has 1 amide bonds. The summed E-state index contributed by atoms with van der Waals surface area (Å²) >= 11 is 0. The Morgan fingerprint density at radius 3 is 2.38 bits per heavy atom. The van der Waals surface area contributed by atoms with Gasteiger partial charge in [-0.25, -0.2) is 9.97 Å². The van der Waals surface area contributed by atoms with Crippen LogP contribution < -0.4 is 10.2 Å². The Morgan fingerprint density at radius 1 is 1.08 bits per heavy atom. The van der Waals surface area contributed by atoms with Gasteiger partial charge in [-0.2, -0.15) is 0 Å². The highest BCUT2D eigenvalue weighted by Gasteiger charge is 2.23. The van der Waals surface area contributed by atoms with Gasteiger partial charge in [0.2, 0.25) is 0 Å². The van der Waals surface area contributed by atoms with Crippen LogP contribution in [0.3, 0.4) is 0 Å². The fourth-order valence-electron chi connectivity index (χ4n) is 3.04. The highest BCUT2D eigenvalue weighted by Crippen LogP contribution is 2.18. The van der Waals surface area contributed by atoms with E-state index in [2.05, 4.69) is 72.1 Å². The molecule has 1 aromatic carbocycles. The quantitative estimate of drug-likeness (QED) is 0.919. The van der Waals surface area contributed by atoms with Crippen LogP contribution in [0, 0.1) is 6.92 Å². The van der Waals surface area contributed by atoms with E-state index in [0.29, 0.717) is 24.6 Å². The molecule has 1 aliphatic rings. The first-order chi connectivity index (χ1) is 12.3. The van der Waals surface area contributed by atoms with Crippen LogP contribution in [0.1, 0.15) is 36.8 Å². The van der Waals surface area contributed by atoms with Gasteiger partial charge in [-0.3, -0.25) is 4.79 Å². The minimum absolute atomic E-state index is 0.0521. The number of aromatic nitrogens is 2. The summed E-state index contributed by atoms with van der Waals surface area (Å²) in [6.45, 7) is 11.3. The van der Waals surface area contributed by atoms with E-state index < -0.39 is 0 Å². The zero-order valence-corrected chi connectivity index (χ0v) is 16.0. The van der Waals surface area contributed by atoms with Gasteiger partial charge in [0, 0.05) is 37.4 Å². The van der Waals surface area contributed by atoms with Crippen molar-refractivity contribution in [3.63, 3.8) is 0 Å². The van der Waals surface area contributed by atoms with Crippen LogP contribution >= 0.6 is 0 Å². The maximum atomic E-state index is 12.7. The number of amides is 1. The average molecular weight is 353 g/mol. The van der Waals surface area contributed by atoms with Crippen LogP contribution in [-0.2, 0) is 0 Å². The van der Waals surface area contributed by atoms with E-state index in [9.17, 15) is 4.79 Å². The maximum Gasteiger partial charge on any atom is 0.274 e. The van der Waals surface area contributed by atoms with Crippen LogP contribution in [0.5, 0.6) is 0 Å². The van der Waals surface area contributed by atoms with Crippen molar-refractivity contribution in [2.24, 2.45) is 0 Å². The Labute approximate surface area is 155 Å². The Kier molecular flexibility index (Phi) is 5.11. The molecule has 0 atom stereocenters. The molecule has 6 heteroatoms. The van der Waals surface area contributed by atoms with E-state index >= 15 is 0 Å². The molecule has 1 fully saturated rings. The first-order valence-corrected chi connectivity index (χ1v) is 9.03. The Hall–Kier alpha value is -2.63. The second-order valence-electron chi connectivity index (χ2n) is 7.78. The lowest BCUT2D eigenvalue weighted by molar-refractivity contribution is 0.0740. The van der Waals surface area contributed by atoms with Crippen molar-refractivity contribution < 1.29 is 4.79 Å². The van der Waals surface area contributed by atoms with E-state index in [0.717, 1.165) is 13.1 Å². The fourth-order valence-corrected chi connectivity index (χ4v) is 3.04. The number of hydrogen-bond donors (Lipinski definition) is 1. The third-order valence-electron chi connectivity index (χ3n) is 4.31. The molecular weight excluding hydrogens is 326 g/mol. The van der Waals surface area contributed by atoms with E-state index in [-0.39, 0.29) is 11.4 Å². The number of hydrogen-bond acceptors (Lipinski definition) is 5. The van der Waals surface area contributed by atoms with Crippen molar-refractivity contribution in [1.82, 2.24) is 14.9 Å². The van der Waals surface area contributed by atoms with Crippen molar-refractivity contribution in [2.45, 2.75) is 33.2 Å². The zero-order chi connectivity index (χ0) is 18.7. The normalized spacial score (nSPS) is 15.1. The van der Waals surface area contributed by atoms with E-state index in [1.165, 1.54) is 11.3 Å². The Morgan fingerprint density at radius 2 is 1.81 bits per heavy atom. The van der Waals surface area contributed by atoms with Gasteiger partial charge in [0.1, 0.15) is 11.5 Å². The topological polar surface area (TPSA) is 61.4 Å². The van der Waals surface area contributed by atoms with Crippen LogP contribution in [-0.4, -0.2) is 52.5 Å². The van der Waals surface area contributed by atoms with Gasteiger partial charge >= 0.3 is 0 Å². The summed E-state index contributed by atoms with van der Waals surface area (Å²) in [5, 5.41) is 3.25. The molecule has 1 N–H and O–H groups in total. The molecule has 0 bridgehead atoms. The summed E-state index contributed by atoms with van der Waals surface area (Å²) in [6.07, 6.45) is 3.19. The number of carbonyl (C=O) groups excluding carboxylic acids is 1. The number of benzene rings is 1. The summed E-state index contributed by atoms with van der Waals surface area (Å²) < 4.78 is 0. The Balaban J connectivity index is 1.60. The number of aryl methyl sites for hydroxylation is 1. The van der Waals surface area contributed by atoms with Crippen molar-refractivity contribution >= 4 is 17.4 Å². The lowest BCUT2D eigenvalue weighted by atomic mass is 10.1. The van der Waals surface area contributed by atoms with Crippen molar-refractivity contribution in [1.29, 1.82) is 0 Å². The van der Waals surface area contributed by atoms with Crippen LogP contribution in [0.25, 0.3) is 0 Å². The van der Waals surface area contributed by atoms with E-state index in [1.54, 1.807) is 12.4 Å². The molecule has 6 nitrogen and oxygen atoms in total. The molecule has 2 heterocycles. The van der Waals surface area contributed by atoms with Crippen LogP contribution in [0.2, 0.25) is 0 Å². The molecule has 2 aromatic rings. The van der Waals surface area contributed by atoms with Gasteiger partial charge in [0.05, 0.1) is 12.4 Å². The second kappa shape index (κ2) is 7.32. The molecule has 0 saturated carbocycles. The van der Waals surface area contributed by atoms with E-state index in [1.807, 2.05) is 4.90 Å². The maximum absolute atomic E-state index is 12.7. The molecule has 1 aliphatic heterocycles. The molecular formula is C20H27N5O. The standard InChI is InChI=1S/C20H27N5O/c1-15-6-5-7-16(12-15)24-8-10-25(11-9-24)19(26)17-13-22-18(14-21-17)23-20(2,3)4/h5-7,12-14H,8-11H2,1-4H3,(H,22,23). The molecule has 26 heavy (non-hydrogen) atoms. The third kappa shape index (κ3) is 4.50. The molecule has 1 aromatic heterocycles. The highest BCUT2D eigenvalue weighted by atomic mass is 16.2. The number of piperazine rings is 1. The summed E-state index contributed by atoms with van der Waals surface area (Å²) in [5.41, 5.74) is 2.77. The third-order valence-corrected chi connectivity index (χ3v) is 4.31. The van der Waals surface area contributed by atoms with Crippen molar-refractivity contribution in [3.8, 4) is 0 Å². The first kappa shape index (κ1) is 18.2. The lowest BCUT2D eigenvalue weighted by Gasteiger charge is -2.36. The summed E-state index contributed by atoms with van der Waals surface area (Å²) in [5.74, 6) is 0.627. The largest absolute Gasteiger partial charge is 0.368 e. The fraction of sp³-hybridized carbons (Fsp3) is 0.450. The van der Waals surface area contributed by atoms with Crippen LogP contribution in [0.15, 0.2) is 36.7 Å². The molecule has 0 unspecified atom stereocenters. The van der Waals surface area contributed by atoms with Gasteiger partial charge in [0.15, 0.2) is 0 Å². The molecule has 0 radical (unpaired) electrons. The SMILES string of the molecule is Cc1cccc(N2CCN(C(=O)c3cnc(NC(C)(C)C)cn3)CC2)c1. The molecule has 0 aliphatic carbocycles. The number of nitrogens with zero attached hydrogens (tertiary/aromatic N) is 4. The predicted octanol–water partition coefficient (Wildman–Crippen LogP) is 2.96. The Bertz CT molecular complexity index is 759. The lowest BCUT2D eigenvalue weighted by Crippen LogP contribution is -2.49. The van der Waals surface area contributed by atoms with Gasteiger partial charge in [-0.15, -0.1) is 0 Å².